The van der Waals surface area contributed by atoms with E-state index in [1.807, 2.05) is 13.1 Å². The summed E-state index contributed by atoms with van der Waals surface area (Å²) in [6.07, 6.45) is 3.29. The average molecular weight is 251 g/mol. The van der Waals surface area contributed by atoms with E-state index in [2.05, 4.69) is 10.3 Å². The fourth-order valence-corrected chi connectivity index (χ4v) is 2.01. The quantitative estimate of drug-likeness (QED) is 0.905. The van der Waals surface area contributed by atoms with E-state index in [4.69, 9.17) is 11.6 Å². The molecule has 0 saturated heterocycles. The standard InChI is InChI=1S/C13H12ClFN2/c1-16-13(9-2-4-10(15)5-3-9)11-6-7-17-8-12(11)14/h2-8,13,16H,1H3. The van der Waals surface area contributed by atoms with Gasteiger partial charge < -0.3 is 5.32 Å². The van der Waals surface area contributed by atoms with E-state index in [1.54, 1.807) is 24.5 Å². The number of hydrogen-bond acceptors (Lipinski definition) is 2. The third-order valence-corrected chi connectivity index (χ3v) is 2.92. The van der Waals surface area contributed by atoms with E-state index < -0.39 is 0 Å². The lowest BCUT2D eigenvalue weighted by Crippen LogP contribution is -2.18. The van der Waals surface area contributed by atoms with Crippen molar-refractivity contribution in [3.05, 3.63) is 64.7 Å². The van der Waals surface area contributed by atoms with Gasteiger partial charge in [-0.15, -0.1) is 0 Å². The highest BCUT2D eigenvalue weighted by molar-refractivity contribution is 6.31. The SMILES string of the molecule is CNC(c1ccc(F)cc1)c1ccncc1Cl. The van der Waals surface area contributed by atoms with Crippen molar-refractivity contribution >= 4 is 11.6 Å². The molecule has 0 bridgehead atoms. The fourth-order valence-electron chi connectivity index (χ4n) is 1.78. The predicted molar refractivity (Wildman–Crippen MR) is 66.5 cm³/mol. The summed E-state index contributed by atoms with van der Waals surface area (Å²) in [7, 11) is 1.84. The van der Waals surface area contributed by atoms with Crippen molar-refractivity contribution in [3.8, 4) is 0 Å². The maximum atomic E-state index is 12.9. The van der Waals surface area contributed by atoms with Gasteiger partial charge in [0, 0.05) is 12.4 Å². The zero-order valence-electron chi connectivity index (χ0n) is 9.32. The summed E-state index contributed by atoms with van der Waals surface area (Å²) in [5, 5.41) is 3.75. The van der Waals surface area contributed by atoms with Crippen molar-refractivity contribution < 1.29 is 4.39 Å². The summed E-state index contributed by atoms with van der Waals surface area (Å²) in [6, 6.07) is 8.16. The van der Waals surface area contributed by atoms with Gasteiger partial charge in [0.05, 0.1) is 11.1 Å². The summed E-state index contributed by atoms with van der Waals surface area (Å²) in [5.74, 6) is -0.246. The van der Waals surface area contributed by atoms with Gasteiger partial charge in [0.15, 0.2) is 0 Å². The van der Waals surface area contributed by atoms with Gasteiger partial charge in [-0.1, -0.05) is 23.7 Å². The zero-order valence-corrected chi connectivity index (χ0v) is 10.1. The van der Waals surface area contributed by atoms with E-state index in [1.165, 1.54) is 12.1 Å². The first-order chi connectivity index (χ1) is 8.22. The molecule has 0 fully saturated rings. The van der Waals surface area contributed by atoms with Gasteiger partial charge in [-0.3, -0.25) is 4.98 Å². The lowest BCUT2D eigenvalue weighted by atomic mass is 10.00. The van der Waals surface area contributed by atoms with E-state index in [0.717, 1.165) is 11.1 Å². The Balaban J connectivity index is 2.40. The van der Waals surface area contributed by atoms with Crippen LogP contribution in [0.4, 0.5) is 4.39 Å². The second-order valence-electron chi connectivity index (χ2n) is 3.67. The van der Waals surface area contributed by atoms with E-state index in [0.29, 0.717) is 5.02 Å². The maximum absolute atomic E-state index is 12.9. The molecule has 17 heavy (non-hydrogen) atoms. The Morgan fingerprint density at radius 1 is 1.24 bits per heavy atom. The Morgan fingerprint density at radius 2 is 1.94 bits per heavy atom. The number of pyridine rings is 1. The lowest BCUT2D eigenvalue weighted by molar-refractivity contribution is 0.623. The second kappa shape index (κ2) is 5.25. The van der Waals surface area contributed by atoms with Crippen LogP contribution in [0.3, 0.4) is 0 Å². The van der Waals surface area contributed by atoms with Gasteiger partial charge in [0.2, 0.25) is 0 Å². The molecule has 88 valence electrons. The minimum Gasteiger partial charge on any atom is -0.309 e. The van der Waals surface area contributed by atoms with Gasteiger partial charge in [-0.25, -0.2) is 4.39 Å². The second-order valence-corrected chi connectivity index (χ2v) is 4.08. The number of benzene rings is 1. The van der Waals surface area contributed by atoms with Crippen molar-refractivity contribution in [3.63, 3.8) is 0 Å². The average Bonchev–Trinajstić information content (AvgIpc) is 2.35. The fraction of sp³-hybridized carbons (Fsp3) is 0.154. The molecule has 1 atom stereocenters. The summed E-state index contributed by atoms with van der Waals surface area (Å²) in [5.41, 5.74) is 1.89. The molecule has 1 aromatic heterocycles. The maximum Gasteiger partial charge on any atom is 0.123 e. The van der Waals surface area contributed by atoms with Crippen LogP contribution < -0.4 is 5.32 Å². The van der Waals surface area contributed by atoms with Gasteiger partial charge in [-0.05, 0) is 36.4 Å². The van der Waals surface area contributed by atoms with Crippen LogP contribution in [0.15, 0.2) is 42.7 Å². The molecule has 1 aromatic carbocycles. The molecule has 1 heterocycles. The number of hydrogen-bond donors (Lipinski definition) is 1. The monoisotopic (exact) mass is 250 g/mol. The summed E-state index contributed by atoms with van der Waals surface area (Å²) in [6.45, 7) is 0. The highest BCUT2D eigenvalue weighted by atomic mass is 35.5. The molecular weight excluding hydrogens is 239 g/mol. The molecule has 1 N–H and O–H groups in total. The Labute approximate surface area is 104 Å². The molecule has 0 aliphatic heterocycles. The molecule has 0 aliphatic carbocycles. The largest absolute Gasteiger partial charge is 0.309 e. The number of nitrogens with zero attached hydrogens (tertiary/aromatic N) is 1. The number of halogens is 2. The van der Waals surface area contributed by atoms with Crippen LogP contribution >= 0.6 is 11.6 Å². The third-order valence-electron chi connectivity index (χ3n) is 2.61. The smallest absolute Gasteiger partial charge is 0.123 e. The molecule has 0 saturated carbocycles. The van der Waals surface area contributed by atoms with Crippen LogP contribution in [0, 0.1) is 5.82 Å². The van der Waals surface area contributed by atoms with Crippen LogP contribution in [0.5, 0.6) is 0 Å². The molecule has 1 unspecified atom stereocenters. The van der Waals surface area contributed by atoms with Crippen molar-refractivity contribution in [1.29, 1.82) is 0 Å². The molecule has 4 heteroatoms. The van der Waals surface area contributed by atoms with E-state index in [9.17, 15) is 4.39 Å². The van der Waals surface area contributed by atoms with E-state index in [-0.39, 0.29) is 11.9 Å². The van der Waals surface area contributed by atoms with Crippen LogP contribution in [0.1, 0.15) is 17.2 Å². The molecule has 0 radical (unpaired) electrons. The first kappa shape index (κ1) is 12.0. The van der Waals surface area contributed by atoms with Gasteiger partial charge in [-0.2, -0.15) is 0 Å². The van der Waals surface area contributed by atoms with E-state index >= 15 is 0 Å². The van der Waals surface area contributed by atoms with Crippen LogP contribution in [-0.2, 0) is 0 Å². The highest BCUT2D eigenvalue weighted by Crippen LogP contribution is 2.27. The third kappa shape index (κ3) is 2.62. The lowest BCUT2D eigenvalue weighted by Gasteiger charge is -2.18. The van der Waals surface area contributed by atoms with Crippen LogP contribution in [-0.4, -0.2) is 12.0 Å². The number of aromatic nitrogens is 1. The minimum atomic E-state index is -0.246. The Bertz CT molecular complexity index is 499. The van der Waals surface area contributed by atoms with Gasteiger partial charge in [0.1, 0.15) is 5.82 Å². The molecule has 0 aliphatic rings. The predicted octanol–water partition coefficient (Wildman–Crippen LogP) is 3.18. The van der Waals surface area contributed by atoms with Crippen LogP contribution in [0.25, 0.3) is 0 Å². The molecule has 0 amide bonds. The van der Waals surface area contributed by atoms with Crippen molar-refractivity contribution in [1.82, 2.24) is 10.3 Å². The van der Waals surface area contributed by atoms with Crippen LogP contribution in [0.2, 0.25) is 5.02 Å². The molecule has 2 aromatic rings. The van der Waals surface area contributed by atoms with Gasteiger partial charge >= 0.3 is 0 Å². The normalized spacial score (nSPS) is 12.4. The Kier molecular flexibility index (Phi) is 3.71. The topological polar surface area (TPSA) is 24.9 Å². The van der Waals surface area contributed by atoms with Crippen molar-refractivity contribution in [2.24, 2.45) is 0 Å². The Morgan fingerprint density at radius 3 is 2.53 bits per heavy atom. The summed E-state index contributed by atoms with van der Waals surface area (Å²) >= 11 is 6.10. The summed E-state index contributed by atoms with van der Waals surface area (Å²) < 4.78 is 12.9. The van der Waals surface area contributed by atoms with Gasteiger partial charge in [0.25, 0.3) is 0 Å². The van der Waals surface area contributed by atoms with Crippen molar-refractivity contribution in [2.45, 2.75) is 6.04 Å². The molecule has 0 spiro atoms. The summed E-state index contributed by atoms with van der Waals surface area (Å²) in [4.78, 5) is 3.95. The molecule has 2 nitrogen and oxygen atoms in total. The first-order valence-electron chi connectivity index (χ1n) is 5.24. The first-order valence-corrected chi connectivity index (χ1v) is 5.62. The zero-order chi connectivity index (χ0) is 12.3. The molecular formula is C13H12ClFN2. The van der Waals surface area contributed by atoms with Crippen molar-refractivity contribution in [2.75, 3.05) is 7.05 Å². The number of rotatable bonds is 3. The Hall–Kier alpha value is -1.45. The highest BCUT2D eigenvalue weighted by Gasteiger charge is 2.14. The number of nitrogens with one attached hydrogen (secondary N) is 1. The molecule has 2 rings (SSSR count). The minimum absolute atomic E-state index is 0.0638.